The summed E-state index contributed by atoms with van der Waals surface area (Å²) in [6.07, 6.45) is 2.03. The van der Waals surface area contributed by atoms with Crippen molar-refractivity contribution in [1.29, 1.82) is 0 Å². The van der Waals surface area contributed by atoms with Crippen LogP contribution in [0.15, 0.2) is 24.3 Å². The average molecular weight is 194 g/mol. The first-order chi connectivity index (χ1) is 6.59. The van der Waals surface area contributed by atoms with Crippen molar-refractivity contribution in [2.24, 2.45) is 5.92 Å². The van der Waals surface area contributed by atoms with Gasteiger partial charge in [0.05, 0.1) is 5.60 Å². The highest BCUT2D eigenvalue weighted by Crippen LogP contribution is 2.39. The third-order valence-corrected chi connectivity index (χ3v) is 2.93. The van der Waals surface area contributed by atoms with Crippen LogP contribution in [0.25, 0.3) is 0 Å². The molecule has 1 aromatic carbocycles. The van der Waals surface area contributed by atoms with E-state index in [1.165, 1.54) is 6.07 Å². The van der Waals surface area contributed by atoms with Gasteiger partial charge in [0.25, 0.3) is 0 Å². The number of halogens is 1. The molecule has 0 unspecified atom stereocenters. The summed E-state index contributed by atoms with van der Waals surface area (Å²) in [6, 6.07) is 6.67. The van der Waals surface area contributed by atoms with E-state index < -0.39 is 5.60 Å². The molecule has 0 bridgehead atoms. The first-order valence-corrected chi connectivity index (χ1v) is 5.05. The van der Waals surface area contributed by atoms with Crippen LogP contribution >= 0.6 is 0 Å². The fourth-order valence-electron chi connectivity index (χ4n) is 2.38. The third kappa shape index (κ3) is 1.80. The Kier molecular flexibility index (Phi) is 2.31. The number of rotatable bonds is 2. The van der Waals surface area contributed by atoms with E-state index in [9.17, 15) is 9.50 Å². The van der Waals surface area contributed by atoms with Gasteiger partial charge < -0.3 is 5.11 Å². The van der Waals surface area contributed by atoms with E-state index in [0.29, 0.717) is 17.9 Å². The Balaban J connectivity index is 2.08. The molecular formula is C12H15FO. The maximum atomic E-state index is 13.3. The lowest BCUT2D eigenvalue weighted by Crippen LogP contribution is -2.44. The average Bonchev–Trinajstić information content (AvgIpc) is 2.06. The second-order valence-electron chi connectivity index (χ2n) is 4.51. The molecule has 1 aromatic rings. The monoisotopic (exact) mass is 194 g/mol. The molecule has 1 N–H and O–H groups in total. The highest BCUT2D eigenvalue weighted by molar-refractivity contribution is 5.20. The zero-order valence-corrected chi connectivity index (χ0v) is 8.33. The molecule has 0 spiro atoms. The molecule has 2 heteroatoms. The highest BCUT2D eigenvalue weighted by Gasteiger charge is 2.40. The topological polar surface area (TPSA) is 20.2 Å². The quantitative estimate of drug-likeness (QED) is 0.767. The van der Waals surface area contributed by atoms with Crippen molar-refractivity contribution in [3.8, 4) is 0 Å². The van der Waals surface area contributed by atoms with Crippen LogP contribution in [0.1, 0.15) is 25.3 Å². The van der Waals surface area contributed by atoms with E-state index in [2.05, 4.69) is 6.92 Å². The number of benzene rings is 1. The van der Waals surface area contributed by atoms with Crippen molar-refractivity contribution in [3.05, 3.63) is 35.6 Å². The Hall–Kier alpha value is -0.890. The number of hydrogen-bond donors (Lipinski definition) is 1. The fourth-order valence-corrected chi connectivity index (χ4v) is 2.38. The van der Waals surface area contributed by atoms with Gasteiger partial charge in [-0.25, -0.2) is 4.39 Å². The van der Waals surface area contributed by atoms with Crippen molar-refractivity contribution >= 4 is 0 Å². The van der Waals surface area contributed by atoms with Gasteiger partial charge in [0.2, 0.25) is 0 Å². The second-order valence-corrected chi connectivity index (χ2v) is 4.51. The van der Waals surface area contributed by atoms with E-state index in [-0.39, 0.29) is 5.82 Å². The third-order valence-electron chi connectivity index (χ3n) is 2.93. The van der Waals surface area contributed by atoms with Crippen LogP contribution in [0.5, 0.6) is 0 Å². The standard InChI is InChI=1S/C12H15FO/c1-9-6-12(14,7-9)8-10-4-2-3-5-11(10)13/h2-5,9,14H,6-8H2,1H3. The maximum Gasteiger partial charge on any atom is 0.126 e. The number of hydrogen-bond acceptors (Lipinski definition) is 1. The molecule has 0 atom stereocenters. The molecule has 1 saturated carbocycles. The van der Waals surface area contributed by atoms with Crippen LogP contribution in [0.3, 0.4) is 0 Å². The summed E-state index contributed by atoms with van der Waals surface area (Å²) in [5, 5.41) is 9.99. The molecule has 14 heavy (non-hydrogen) atoms. The normalized spacial score (nSPS) is 31.2. The summed E-state index contributed by atoms with van der Waals surface area (Å²) >= 11 is 0. The van der Waals surface area contributed by atoms with Crippen LogP contribution in [-0.4, -0.2) is 10.7 Å². The molecule has 0 radical (unpaired) electrons. The van der Waals surface area contributed by atoms with Crippen LogP contribution in [0.4, 0.5) is 4.39 Å². The molecule has 0 heterocycles. The Morgan fingerprint density at radius 1 is 1.43 bits per heavy atom. The maximum absolute atomic E-state index is 13.3. The second kappa shape index (κ2) is 3.35. The van der Waals surface area contributed by atoms with Crippen LogP contribution < -0.4 is 0 Å². The lowest BCUT2D eigenvalue weighted by atomic mass is 9.69. The molecule has 1 aliphatic carbocycles. The lowest BCUT2D eigenvalue weighted by Gasteiger charge is -2.42. The summed E-state index contributed by atoms with van der Waals surface area (Å²) in [6.45, 7) is 2.11. The molecule has 2 rings (SSSR count). The molecule has 0 amide bonds. The summed E-state index contributed by atoms with van der Waals surface area (Å²) in [5.74, 6) is 0.368. The fraction of sp³-hybridized carbons (Fsp3) is 0.500. The molecule has 0 aliphatic heterocycles. The molecule has 0 aromatic heterocycles. The van der Waals surface area contributed by atoms with Crippen molar-refractivity contribution in [2.75, 3.05) is 0 Å². The van der Waals surface area contributed by atoms with Gasteiger partial charge in [-0.05, 0) is 30.4 Å². The lowest BCUT2D eigenvalue weighted by molar-refractivity contribution is -0.0671. The summed E-state index contributed by atoms with van der Waals surface area (Å²) in [4.78, 5) is 0. The van der Waals surface area contributed by atoms with Gasteiger partial charge in [-0.2, -0.15) is 0 Å². The van der Waals surface area contributed by atoms with E-state index >= 15 is 0 Å². The van der Waals surface area contributed by atoms with Crippen LogP contribution in [-0.2, 0) is 6.42 Å². The predicted octanol–water partition coefficient (Wildman–Crippen LogP) is 2.53. The molecule has 76 valence electrons. The summed E-state index contributed by atoms with van der Waals surface area (Å²) < 4.78 is 13.3. The first kappa shape index (κ1) is 9.66. The highest BCUT2D eigenvalue weighted by atomic mass is 19.1. The van der Waals surface area contributed by atoms with Crippen molar-refractivity contribution in [1.82, 2.24) is 0 Å². The SMILES string of the molecule is CC1CC(O)(Cc2ccccc2F)C1. The summed E-state index contributed by atoms with van der Waals surface area (Å²) in [5.41, 5.74) is -0.0244. The molecule has 0 saturated heterocycles. The van der Waals surface area contributed by atoms with Crippen LogP contribution in [0.2, 0.25) is 0 Å². The van der Waals surface area contributed by atoms with Gasteiger partial charge in [-0.15, -0.1) is 0 Å². The minimum atomic E-state index is -0.651. The van der Waals surface area contributed by atoms with Gasteiger partial charge in [-0.3, -0.25) is 0 Å². The first-order valence-electron chi connectivity index (χ1n) is 5.05. The molecule has 1 nitrogen and oxygen atoms in total. The Bertz CT molecular complexity index is 329. The Morgan fingerprint density at radius 3 is 2.64 bits per heavy atom. The van der Waals surface area contributed by atoms with Crippen molar-refractivity contribution in [2.45, 2.75) is 31.8 Å². The molecular weight excluding hydrogens is 179 g/mol. The van der Waals surface area contributed by atoms with Gasteiger partial charge in [-0.1, -0.05) is 25.1 Å². The Morgan fingerprint density at radius 2 is 2.07 bits per heavy atom. The summed E-state index contributed by atoms with van der Waals surface area (Å²) in [7, 11) is 0. The minimum absolute atomic E-state index is 0.208. The zero-order valence-electron chi connectivity index (χ0n) is 8.33. The predicted molar refractivity (Wildman–Crippen MR) is 53.5 cm³/mol. The molecule has 1 fully saturated rings. The number of aliphatic hydroxyl groups is 1. The van der Waals surface area contributed by atoms with E-state index in [4.69, 9.17) is 0 Å². The largest absolute Gasteiger partial charge is 0.390 e. The smallest absolute Gasteiger partial charge is 0.126 e. The Labute approximate surface area is 83.6 Å². The van der Waals surface area contributed by atoms with Gasteiger partial charge in [0.1, 0.15) is 5.82 Å². The van der Waals surface area contributed by atoms with Crippen molar-refractivity contribution < 1.29 is 9.50 Å². The zero-order chi connectivity index (χ0) is 10.2. The van der Waals surface area contributed by atoms with E-state index in [1.807, 2.05) is 6.07 Å². The van der Waals surface area contributed by atoms with Gasteiger partial charge in [0.15, 0.2) is 0 Å². The van der Waals surface area contributed by atoms with Crippen LogP contribution in [0, 0.1) is 11.7 Å². The van der Waals surface area contributed by atoms with Gasteiger partial charge in [0, 0.05) is 6.42 Å². The minimum Gasteiger partial charge on any atom is -0.390 e. The van der Waals surface area contributed by atoms with Crippen molar-refractivity contribution in [3.63, 3.8) is 0 Å². The van der Waals surface area contributed by atoms with Gasteiger partial charge >= 0.3 is 0 Å². The van der Waals surface area contributed by atoms with E-state index in [1.54, 1.807) is 12.1 Å². The molecule has 1 aliphatic rings. The van der Waals surface area contributed by atoms with E-state index in [0.717, 1.165) is 12.8 Å².